The number of fused-ring (bicyclic) bond motifs is 1. The van der Waals surface area contributed by atoms with E-state index in [2.05, 4.69) is 26.0 Å². The maximum Gasteiger partial charge on any atom is 0.263 e. The first-order chi connectivity index (χ1) is 17.7. The van der Waals surface area contributed by atoms with E-state index in [1.165, 1.54) is 64.2 Å². The van der Waals surface area contributed by atoms with Crippen LogP contribution in [0.4, 0.5) is 0 Å². The van der Waals surface area contributed by atoms with Crippen molar-refractivity contribution >= 4 is 45.8 Å². The van der Waals surface area contributed by atoms with E-state index in [1.54, 1.807) is 38.9 Å². The topological polar surface area (TPSA) is 37.4 Å². The van der Waals surface area contributed by atoms with Crippen LogP contribution in [0, 0.1) is 5.92 Å². The summed E-state index contributed by atoms with van der Waals surface area (Å²) in [5.41, 5.74) is 1.28. The molecule has 1 atom stereocenters. The summed E-state index contributed by atoms with van der Waals surface area (Å²) in [5.74, 6) is 0.224. The standard InChI is InChI=1S/C30H39NO2S3/c1-3-5-7-9-10-12-16-22(15-11-8-6-4-2)21-31-29(32)25-26(30(31)33)28(24-18-14-20-35-24)36-27(25)23-17-13-19-34-23/h13-14,17-20,22H,3-12,15-16,21H2,1-2H3. The molecule has 36 heavy (non-hydrogen) atoms. The van der Waals surface area contributed by atoms with Crippen LogP contribution in [0.1, 0.15) is 112 Å². The second kappa shape index (κ2) is 13.7. The van der Waals surface area contributed by atoms with E-state index in [4.69, 9.17) is 0 Å². The number of amides is 2. The van der Waals surface area contributed by atoms with Crippen molar-refractivity contribution in [2.75, 3.05) is 6.54 Å². The molecule has 0 aromatic carbocycles. The summed E-state index contributed by atoms with van der Waals surface area (Å²) < 4.78 is 0. The van der Waals surface area contributed by atoms with Crippen LogP contribution in [0.5, 0.6) is 0 Å². The summed E-state index contributed by atoms with van der Waals surface area (Å²) in [5, 5.41) is 4.08. The number of hydrogen-bond acceptors (Lipinski definition) is 5. The predicted molar refractivity (Wildman–Crippen MR) is 157 cm³/mol. The van der Waals surface area contributed by atoms with Crippen molar-refractivity contribution in [2.24, 2.45) is 5.92 Å². The Bertz CT molecular complexity index is 1030. The zero-order chi connectivity index (χ0) is 25.3. The molecule has 1 unspecified atom stereocenters. The predicted octanol–water partition coefficient (Wildman–Crippen LogP) is 10.1. The Labute approximate surface area is 228 Å². The van der Waals surface area contributed by atoms with Crippen LogP contribution in [-0.4, -0.2) is 23.3 Å². The van der Waals surface area contributed by atoms with Crippen LogP contribution in [0.3, 0.4) is 0 Å². The first-order valence-electron chi connectivity index (χ1n) is 13.8. The third-order valence-corrected chi connectivity index (χ3v) is 10.5. The van der Waals surface area contributed by atoms with Gasteiger partial charge in [-0.25, -0.2) is 0 Å². The highest BCUT2D eigenvalue weighted by Gasteiger charge is 2.43. The third-order valence-electron chi connectivity index (χ3n) is 7.19. The highest BCUT2D eigenvalue weighted by atomic mass is 32.1. The number of thiophene rings is 3. The molecule has 4 heterocycles. The molecule has 0 fully saturated rings. The number of imide groups is 1. The number of carbonyl (C=O) groups excluding carboxylic acids is 2. The zero-order valence-corrected chi connectivity index (χ0v) is 24.2. The summed E-state index contributed by atoms with van der Waals surface area (Å²) in [4.78, 5) is 33.2. The highest BCUT2D eigenvalue weighted by Crippen LogP contribution is 2.48. The number of hydrogen-bond donors (Lipinski definition) is 0. The van der Waals surface area contributed by atoms with Gasteiger partial charge in [0, 0.05) is 16.3 Å². The minimum Gasteiger partial charge on any atom is -0.274 e. The summed E-state index contributed by atoms with van der Waals surface area (Å²) in [6.45, 7) is 5.05. The lowest BCUT2D eigenvalue weighted by Gasteiger charge is -2.23. The molecule has 3 nitrogen and oxygen atoms in total. The average Bonchev–Trinajstić information content (AvgIpc) is 3.68. The van der Waals surface area contributed by atoms with Gasteiger partial charge in [0.05, 0.1) is 20.9 Å². The van der Waals surface area contributed by atoms with Gasteiger partial charge in [-0.3, -0.25) is 14.5 Å². The summed E-state index contributed by atoms with van der Waals surface area (Å²) >= 11 is 4.88. The van der Waals surface area contributed by atoms with Gasteiger partial charge in [-0.15, -0.1) is 34.0 Å². The molecule has 194 valence electrons. The Morgan fingerprint density at radius 1 is 0.694 bits per heavy atom. The average molecular weight is 542 g/mol. The zero-order valence-electron chi connectivity index (χ0n) is 21.7. The molecule has 0 radical (unpaired) electrons. The molecule has 3 aromatic rings. The normalized spacial score (nSPS) is 14.1. The Balaban J connectivity index is 1.52. The first kappa shape index (κ1) is 27.3. The summed E-state index contributed by atoms with van der Waals surface area (Å²) in [6.07, 6.45) is 14.8. The monoisotopic (exact) mass is 541 g/mol. The van der Waals surface area contributed by atoms with E-state index >= 15 is 0 Å². The fraction of sp³-hybridized carbons (Fsp3) is 0.533. The number of carbonyl (C=O) groups is 2. The second-order valence-electron chi connectivity index (χ2n) is 9.96. The van der Waals surface area contributed by atoms with Gasteiger partial charge in [0.1, 0.15) is 0 Å². The van der Waals surface area contributed by atoms with Gasteiger partial charge in [0.25, 0.3) is 11.8 Å². The molecular weight excluding hydrogens is 503 g/mol. The van der Waals surface area contributed by atoms with Crippen molar-refractivity contribution in [3.63, 3.8) is 0 Å². The second-order valence-corrected chi connectivity index (χ2v) is 12.9. The maximum atomic E-state index is 13.8. The van der Waals surface area contributed by atoms with Crippen LogP contribution >= 0.6 is 34.0 Å². The molecule has 0 aliphatic carbocycles. The number of rotatable bonds is 16. The molecule has 1 aliphatic rings. The van der Waals surface area contributed by atoms with Crippen molar-refractivity contribution in [2.45, 2.75) is 90.9 Å². The minimum atomic E-state index is -0.0843. The lowest BCUT2D eigenvalue weighted by atomic mass is 9.93. The minimum absolute atomic E-state index is 0.0843. The van der Waals surface area contributed by atoms with Gasteiger partial charge in [-0.1, -0.05) is 90.2 Å². The molecule has 3 aromatic heterocycles. The molecule has 4 rings (SSSR count). The van der Waals surface area contributed by atoms with E-state index < -0.39 is 0 Å². The van der Waals surface area contributed by atoms with Crippen molar-refractivity contribution in [3.8, 4) is 19.5 Å². The molecule has 0 spiro atoms. The van der Waals surface area contributed by atoms with E-state index in [0.29, 0.717) is 23.6 Å². The highest BCUT2D eigenvalue weighted by molar-refractivity contribution is 7.26. The summed E-state index contributed by atoms with van der Waals surface area (Å²) in [7, 11) is 0. The first-order valence-corrected chi connectivity index (χ1v) is 16.3. The molecule has 0 saturated heterocycles. The van der Waals surface area contributed by atoms with Crippen LogP contribution in [0.15, 0.2) is 35.0 Å². The van der Waals surface area contributed by atoms with Gasteiger partial charge < -0.3 is 0 Å². The Hall–Kier alpha value is -1.76. The molecular formula is C30H39NO2S3. The van der Waals surface area contributed by atoms with Gasteiger partial charge in [0.2, 0.25) is 0 Å². The SMILES string of the molecule is CCCCCCCCC(CCCCCC)CN1C(=O)c2c(-c3cccs3)sc(-c3cccs3)c2C1=O. The van der Waals surface area contributed by atoms with Gasteiger partial charge in [-0.05, 0) is 41.7 Å². The molecule has 0 bridgehead atoms. The Kier molecular flexibility index (Phi) is 10.4. The Morgan fingerprint density at radius 2 is 1.17 bits per heavy atom. The van der Waals surface area contributed by atoms with Crippen molar-refractivity contribution in [3.05, 3.63) is 46.2 Å². The maximum absolute atomic E-state index is 13.8. The fourth-order valence-corrected chi connectivity index (χ4v) is 8.19. The molecule has 0 saturated carbocycles. The summed E-state index contributed by atoms with van der Waals surface area (Å²) in [6, 6.07) is 8.15. The fourth-order valence-electron chi connectivity index (χ4n) is 5.19. The quantitative estimate of drug-likeness (QED) is 0.134. The number of unbranched alkanes of at least 4 members (excludes halogenated alkanes) is 8. The van der Waals surface area contributed by atoms with Crippen LogP contribution < -0.4 is 0 Å². The van der Waals surface area contributed by atoms with E-state index in [9.17, 15) is 9.59 Å². The smallest absolute Gasteiger partial charge is 0.263 e. The van der Waals surface area contributed by atoms with E-state index in [1.807, 2.05) is 22.9 Å². The van der Waals surface area contributed by atoms with E-state index in [0.717, 1.165) is 32.4 Å². The molecule has 6 heteroatoms. The Morgan fingerprint density at radius 3 is 1.64 bits per heavy atom. The lowest BCUT2D eigenvalue weighted by molar-refractivity contribution is 0.0622. The molecule has 1 aliphatic heterocycles. The largest absolute Gasteiger partial charge is 0.274 e. The third kappa shape index (κ3) is 6.38. The van der Waals surface area contributed by atoms with E-state index in [-0.39, 0.29) is 11.8 Å². The van der Waals surface area contributed by atoms with Gasteiger partial charge in [0.15, 0.2) is 0 Å². The van der Waals surface area contributed by atoms with Crippen LogP contribution in [0.25, 0.3) is 19.5 Å². The lowest BCUT2D eigenvalue weighted by Crippen LogP contribution is -2.35. The van der Waals surface area contributed by atoms with Crippen LogP contribution in [-0.2, 0) is 0 Å². The van der Waals surface area contributed by atoms with Crippen molar-refractivity contribution < 1.29 is 9.59 Å². The van der Waals surface area contributed by atoms with Crippen LogP contribution in [0.2, 0.25) is 0 Å². The van der Waals surface area contributed by atoms with Crippen molar-refractivity contribution in [1.29, 1.82) is 0 Å². The number of nitrogens with zero attached hydrogens (tertiary/aromatic N) is 1. The van der Waals surface area contributed by atoms with Crippen molar-refractivity contribution in [1.82, 2.24) is 4.90 Å². The molecule has 0 N–H and O–H groups in total. The van der Waals surface area contributed by atoms with Gasteiger partial charge in [-0.2, -0.15) is 0 Å². The van der Waals surface area contributed by atoms with Gasteiger partial charge >= 0.3 is 0 Å². The molecule has 2 amide bonds.